The number of rotatable bonds is 3. The lowest BCUT2D eigenvalue weighted by Crippen LogP contribution is -2.35. The van der Waals surface area contributed by atoms with Gasteiger partial charge in [0.25, 0.3) is 0 Å². The maximum atomic E-state index is 10.5. The Morgan fingerprint density at radius 3 is 2.82 bits per heavy atom. The molecule has 0 aromatic carbocycles. The van der Waals surface area contributed by atoms with Crippen LogP contribution in [0.15, 0.2) is 18.3 Å². The highest BCUT2D eigenvalue weighted by Crippen LogP contribution is 2.11. The Balaban J connectivity index is 1.90. The van der Waals surface area contributed by atoms with Gasteiger partial charge in [-0.25, -0.2) is 4.79 Å². The van der Waals surface area contributed by atoms with Crippen LogP contribution in [0.25, 0.3) is 0 Å². The van der Waals surface area contributed by atoms with Crippen molar-refractivity contribution < 1.29 is 14.3 Å². The van der Waals surface area contributed by atoms with Crippen molar-refractivity contribution >= 4 is 6.09 Å². The molecule has 2 heterocycles. The number of hydrogen-bond donors (Lipinski definition) is 1. The average Bonchev–Trinajstić information content (AvgIpc) is 2.32. The number of ether oxygens (including phenoxy) is 2. The lowest BCUT2D eigenvalue weighted by atomic mass is 10.3. The molecule has 0 spiro atoms. The van der Waals surface area contributed by atoms with Crippen molar-refractivity contribution in [1.82, 2.24) is 9.88 Å². The van der Waals surface area contributed by atoms with Crippen LogP contribution in [0, 0.1) is 0 Å². The standard InChI is InChI=1S/C11H15N3O3/c12-11(15)17-10-2-1-9(13-7-10)8-14-3-5-16-6-4-14/h1-2,7H,3-6,8H2,(H2,12,15). The summed E-state index contributed by atoms with van der Waals surface area (Å²) in [6.45, 7) is 4.15. The first-order chi connectivity index (χ1) is 8.24. The molecule has 1 aromatic heterocycles. The van der Waals surface area contributed by atoms with Gasteiger partial charge in [-0.15, -0.1) is 0 Å². The molecule has 0 atom stereocenters. The molecule has 0 saturated carbocycles. The van der Waals surface area contributed by atoms with Crippen molar-refractivity contribution in [2.45, 2.75) is 6.54 Å². The van der Waals surface area contributed by atoms with Crippen LogP contribution in [0.1, 0.15) is 5.69 Å². The molecule has 2 N–H and O–H groups in total. The summed E-state index contributed by atoms with van der Waals surface area (Å²) in [5, 5.41) is 0. The first-order valence-corrected chi connectivity index (χ1v) is 5.46. The van der Waals surface area contributed by atoms with E-state index in [9.17, 15) is 4.79 Å². The zero-order chi connectivity index (χ0) is 12.1. The number of pyridine rings is 1. The van der Waals surface area contributed by atoms with Crippen molar-refractivity contribution in [3.8, 4) is 5.75 Å². The lowest BCUT2D eigenvalue weighted by Gasteiger charge is -2.26. The van der Waals surface area contributed by atoms with E-state index in [2.05, 4.69) is 9.88 Å². The molecule has 0 bridgehead atoms. The van der Waals surface area contributed by atoms with Crippen LogP contribution in [0.2, 0.25) is 0 Å². The molecule has 0 aliphatic carbocycles. The maximum absolute atomic E-state index is 10.5. The number of amides is 1. The van der Waals surface area contributed by atoms with Gasteiger partial charge in [0.05, 0.1) is 25.1 Å². The first-order valence-electron chi connectivity index (χ1n) is 5.46. The Morgan fingerprint density at radius 2 is 2.24 bits per heavy atom. The Bertz CT molecular complexity index is 374. The fourth-order valence-electron chi connectivity index (χ4n) is 1.67. The second-order valence-electron chi connectivity index (χ2n) is 3.79. The van der Waals surface area contributed by atoms with Crippen molar-refractivity contribution in [2.75, 3.05) is 26.3 Å². The van der Waals surface area contributed by atoms with Gasteiger partial charge in [0.1, 0.15) is 0 Å². The molecule has 2 rings (SSSR count). The Hall–Kier alpha value is -1.66. The molecule has 0 unspecified atom stereocenters. The molecule has 1 saturated heterocycles. The SMILES string of the molecule is NC(=O)Oc1ccc(CN2CCOCC2)nc1. The quantitative estimate of drug-likeness (QED) is 0.821. The number of nitrogens with two attached hydrogens (primary N) is 1. The summed E-state index contributed by atoms with van der Waals surface area (Å²) in [5.74, 6) is 0.364. The number of primary amides is 1. The number of carbonyl (C=O) groups is 1. The Labute approximate surface area is 99.3 Å². The highest BCUT2D eigenvalue weighted by atomic mass is 16.5. The van der Waals surface area contributed by atoms with Crippen LogP contribution in [-0.2, 0) is 11.3 Å². The molecule has 1 aromatic rings. The van der Waals surface area contributed by atoms with Gasteiger partial charge in [0, 0.05) is 19.6 Å². The normalized spacial score (nSPS) is 16.7. The second-order valence-corrected chi connectivity index (χ2v) is 3.79. The van der Waals surface area contributed by atoms with Crippen LogP contribution >= 0.6 is 0 Å². The predicted molar refractivity (Wildman–Crippen MR) is 60.5 cm³/mol. The molecule has 6 heteroatoms. The first kappa shape index (κ1) is 11.8. The van der Waals surface area contributed by atoms with Crippen LogP contribution in [0.3, 0.4) is 0 Å². The van der Waals surface area contributed by atoms with Gasteiger partial charge < -0.3 is 15.2 Å². The molecule has 0 radical (unpaired) electrons. The van der Waals surface area contributed by atoms with Gasteiger partial charge in [-0.3, -0.25) is 9.88 Å². The third kappa shape index (κ3) is 3.69. The van der Waals surface area contributed by atoms with Gasteiger partial charge in [0.15, 0.2) is 5.75 Å². The van der Waals surface area contributed by atoms with Gasteiger partial charge in [-0.1, -0.05) is 0 Å². The molecule has 1 aliphatic rings. The molecular weight excluding hydrogens is 222 g/mol. The minimum absolute atomic E-state index is 0.364. The summed E-state index contributed by atoms with van der Waals surface area (Å²) < 4.78 is 9.97. The van der Waals surface area contributed by atoms with Crippen molar-refractivity contribution in [3.05, 3.63) is 24.0 Å². The van der Waals surface area contributed by atoms with Gasteiger partial charge in [-0.2, -0.15) is 0 Å². The molecule has 92 valence electrons. The highest BCUT2D eigenvalue weighted by molar-refractivity contribution is 5.67. The van der Waals surface area contributed by atoms with E-state index in [1.54, 1.807) is 6.07 Å². The number of aromatic nitrogens is 1. The van der Waals surface area contributed by atoms with Gasteiger partial charge in [-0.05, 0) is 12.1 Å². The Kier molecular flexibility index (Phi) is 3.89. The lowest BCUT2D eigenvalue weighted by molar-refractivity contribution is 0.0336. The minimum atomic E-state index is -0.826. The van der Waals surface area contributed by atoms with Crippen molar-refractivity contribution in [3.63, 3.8) is 0 Å². The molecule has 1 aliphatic heterocycles. The third-order valence-electron chi connectivity index (χ3n) is 2.51. The van der Waals surface area contributed by atoms with Crippen LogP contribution in [-0.4, -0.2) is 42.3 Å². The van der Waals surface area contributed by atoms with E-state index in [-0.39, 0.29) is 0 Å². The summed E-state index contributed by atoms with van der Waals surface area (Å²) in [6, 6.07) is 3.52. The number of morpholine rings is 1. The molecule has 17 heavy (non-hydrogen) atoms. The largest absolute Gasteiger partial charge is 0.410 e. The van der Waals surface area contributed by atoms with E-state index in [1.165, 1.54) is 6.20 Å². The minimum Gasteiger partial charge on any atom is -0.409 e. The average molecular weight is 237 g/mol. The summed E-state index contributed by atoms with van der Waals surface area (Å²) in [6.07, 6.45) is 0.674. The molecule has 1 amide bonds. The van der Waals surface area contributed by atoms with E-state index < -0.39 is 6.09 Å². The summed E-state index contributed by atoms with van der Waals surface area (Å²) in [5.41, 5.74) is 5.83. The van der Waals surface area contributed by atoms with Gasteiger partial charge >= 0.3 is 6.09 Å². The number of carbonyl (C=O) groups excluding carboxylic acids is 1. The van der Waals surface area contributed by atoms with Crippen molar-refractivity contribution in [1.29, 1.82) is 0 Å². The summed E-state index contributed by atoms with van der Waals surface area (Å²) in [4.78, 5) is 17.0. The van der Waals surface area contributed by atoms with Crippen LogP contribution in [0.4, 0.5) is 4.79 Å². The zero-order valence-electron chi connectivity index (χ0n) is 9.46. The summed E-state index contributed by atoms with van der Waals surface area (Å²) in [7, 11) is 0. The van der Waals surface area contributed by atoms with Crippen LogP contribution in [0.5, 0.6) is 5.75 Å². The van der Waals surface area contributed by atoms with E-state index in [1.807, 2.05) is 6.07 Å². The monoisotopic (exact) mass is 237 g/mol. The molecular formula is C11H15N3O3. The molecule has 6 nitrogen and oxygen atoms in total. The van der Waals surface area contributed by atoms with Gasteiger partial charge in [0.2, 0.25) is 0 Å². The van der Waals surface area contributed by atoms with E-state index in [4.69, 9.17) is 15.2 Å². The fourth-order valence-corrected chi connectivity index (χ4v) is 1.67. The van der Waals surface area contributed by atoms with E-state index in [0.717, 1.165) is 38.5 Å². The van der Waals surface area contributed by atoms with Crippen molar-refractivity contribution in [2.24, 2.45) is 5.73 Å². The maximum Gasteiger partial charge on any atom is 0.410 e. The second kappa shape index (κ2) is 5.60. The fraction of sp³-hybridized carbons (Fsp3) is 0.455. The summed E-state index contributed by atoms with van der Waals surface area (Å²) >= 11 is 0. The number of nitrogens with zero attached hydrogens (tertiary/aromatic N) is 2. The smallest absolute Gasteiger partial charge is 0.409 e. The predicted octanol–water partition coefficient (Wildman–Crippen LogP) is 0.371. The third-order valence-corrected chi connectivity index (χ3v) is 2.51. The Morgan fingerprint density at radius 1 is 1.47 bits per heavy atom. The molecule has 1 fully saturated rings. The topological polar surface area (TPSA) is 77.7 Å². The zero-order valence-corrected chi connectivity index (χ0v) is 9.46. The van der Waals surface area contributed by atoms with E-state index >= 15 is 0 Å². The van der Waals surface area contributed by atoms with Crippen LogP contribution < -0.4 is 10.5 Å². The van der Waals surface area contributed by atoms with E-state index in [0.29, 0.717) is 5.75 Å². The highest BCUT2D eigenvalue weighted by Gasteiger charge is 2.11. The number of hydrogen-bond acceptors (Lipinski definition) is 5.